The minimum atomic E-state index is 0.507. The average molecular weight is 271 g/mol. The van der Waals surface area contributed by atoms with E-state index in [9.17, 15) is 0 Å². The van der Waals surface area contributed by atoms with E-state index in [2.05, 4.69) is 5.32 Å². The first-order chi connectivity index (χ1) is 9.15. The summed E-state index contributed by atoms with van der Waals surface area (Å²) in [6.45, 7) is 2.63. The molecule has 0 aliphatic carbocycles. The highest BCUT2D eigenvalue weighted by Crippen LogP contribution is 2.10. The first-order valence-corrected chi connectivity index (χ1v) is 6.50. The molecule has 0 heterocycles. The van der Waals surface area contributed by atoms with E-state index in [0.717, 1.165) is 11.3 Å². The molecule has 4 heteroatoms. The van der Waals surface area contributed by atoms with Crippen molar-refractivity contribution in [1.29, 1.82) is 0 Å². The van der Waals surface area contributed by atoms with Gasteiger partial charge < -0.3 is 5.32 Å². The van der Waals surface area contributed by atoms with Crippen LogP contribution in [0.15, 0.2) is 54.6 Å². The molecule has 0 atom stereocenters. The van der Waals surface area contributed by atoms with Gasteiger partial charge in [0.25, 0.3) is 0 Å². The Morgan fingerprint density at radius 1 is 1.11 bits per heavy atom. The summed E-state index contributed by atoms with van der Waals surface area (Å²) in [5.74, 6) is 5.96. The fraction of sp³-hybridized carbons (Fsp3) is 0.133. The molecule has 0 fully saturated rings. The second-order valence-electron chi connectivity index (χ2n) is 4.41. The van der Waals surface area contributed by atoms with Crippen molar-refractivity contribution in [3.8, 4) is 0 Å². The van der Waals surface area contributed by atoms with Crippen LogP contribution in [-0.2, 0) is 6.54 Å². The summed E-state index contributed by atoms with van der Waals surface area (Å²) < 4.78 is 0. The van der Waals surface area contributed by atoms with Crippen molar-refractivity contribution in [1.82, 2.24) is 5.01 Å². The zero-order valence-electron chi connectivity index (χ0n) is 10.8. The molecule has 0 spiro atoms. The van der Waals surface area contributed by atoms with Crippen molar-refractivity contribution in [3.05, 3.63) is 65.7 Å². The quantitative estimate of drug-likeness (QED) is 0.511. The van der Waals surface area contributed by atoms with Crippen LogP contribution in [0.4, 0.5) is 5.69 Å². The van der Waals surface area contributed by atoms with E-state index in [0.29, 0.717) is 11.7 Å². The molecular formula is C15H17N3S. The predicted octanol–water partition coefficient (Wildman–Crippen LogP) is 3.07. The normalized spacial score (nSPS) is 10.0. The summed E-state index contributed by atoms with van der Waals surface area (Å²) in [6, 6.07) is 18.0. The monoisotopic (exact) mass is 271 g/mol. The Kier molecular flexibility index (Phi) is 4.49. The van der Waals surface area contributed by atoms with Gasteiger partial charge in [0.2, 0.25) is 0 Å². The molecule has 0 amide bonds. The van der Waals surface area contributed by atoms with Crippen LogP contribution in [0, 0.1) is 6.92 Å². The summed E-state index contributed by atoms with van der Waals surface area (Å²) in [5, 5.41) is 5.16. The van der Waals surface area contributed by atoms with Gasteiger partial charge >= 0.3 is 0 Å². The van der Waals surface area contributed by atoms with Crippen molar-refractivity contribution in [3.63, 3.8) is 0 Å². The number of nitrogens with two attached hydrogens (primary N) is 1. The van der Waals surface area contributed by atoms with Crippen LogP contribution in [0.2, 0.25) is 0 Å². The maximum absolute atomic E-state index is 5.96. The fourth-order valence-electron chi connectivity index (χ4n) is 1.68. The van der Waals surface area contributed by atoms with Crippen LogP contribution in [0.25, 0.3) is 0 Å². The highest BCUT2D eigenvalue weighted by molar-refractivity contribution is 7.80. The molecule has 0 aromatic heterocycles. The van der Waals surface area contributed by atoms with Gasteiger partial charge in [0.1, 0.15) is 0 Å². The molecule has 0 aliphatic rings. The van der Waals surface area contributed by atoms with Gasteiger partial charge in [-0.1, -0.05) is 48.0 Å². The Bertz CT molecular complexity index is 537. The second kappa shape index (κ2) is 6.31. The molecule has 0 unspecified atom stereocenters. The first-order valence-electron chi connectivity index (χ1n) is 6.09. The van der Waals surface area contributed by atoms with Crippen molar-refractivity contribution < 1.29 is 0 Å². The molecule has 19 heavy (non-hydrogen) atoms. The van der Waals surface area contributed by atoms with E-state index in [-0.39, 0.29) is 0 Å². The van der Waals surface area contributed by atoms with Crippen molar-refractivity contribution in [2.45, 2.75) is 13.5 Å². The Hall–Kier alpha value is -1.91. The Morgan fingerprint density at radius 3 is 2.37 bits per heavy atom. The molecule has 0 bridgehead atoms. The molecule has 2 aromatic rings. The lowest BCUT2D eigenvalue weighted by atomic mass is 10.2. The lowest BCUT2D eigenvalue weighted by Crippen LogP contribution is -2.39. The molecule has 0 saturated heterocycles. The lowest BCUT2D eigenvalue weighted by molar-refractivity contribution is 0.441. The molecule has 98 valence electrons. The maximum Gasteiger partial charge on any atom is 0.188 e. The molecule has 0 aliphatic heterocycles. The second-order valence-corrected chi connectivity index (χ2v) is 4.80. The minimum Gasteiger partial charge on any atom is -0.332 e. The van der Waals surface area contributed by atoms with Crippen LogP contribution >= 0.6 is 12.2 Å². The fourth-order valence-corrected chi connectivity index (χ4v) is 1.87. The van der Waals surface area contributed by atoms with Crippen molar-refractivity contribution in [2.75, 3.05) is 5.32 Å². The molecule has 0 saturated carbocycles. The first kappa shape index (κ1) is 13.5. The van der Waals surface area contributed by atoms with Gasteiger partial charge in [0.05, 0.1) is 6.54 Å². The zero-order valence-corrected chi connectivity index (χ0v) is 11.7. The largest absolute Gasteiger partial charge is 0.332 e. The van der Waals surface area contributed by atoms with E-state index in [4.69, 9.17) is 18.1 Å². The third kappa shape index (κ3) is 4.05. The topological polar surface area (TPSA) is 41.3 Å². The Labute approximate surface area is 119 Å². The van der Waals surface area contributed by atoms with E-state index in [1.54, 1.807) is 0 Å². The zero-order chi connectivity index (χ0) is 13.7. The van der Waals surface area contributed by atoms with E-state index in [1.165, 1.54) is 10.6 Å². The molecule has 0 radical (unpaired) electrons. The Morgan fingerprint density at radius 2 is 1.74 bits per heavy atom. The number of benzene rings is 2. The smallest absolute Gasteiger partial charge is 0.188 e. The SMILES string of the molecule is Cc1ccc(NC(=S)N(N)Cc2ccccc2)cc1. The minimum absolute atomic E-state index is 0.507. The van der Waals surface area contributed by atoms with Gasteiger partial charge in [-0.25, -0.2) is 5.84 Å². The number of nitrogens with one attached hydrogen (secondary N) is 1. The number of hydrogen-bond acceptors (Lipinski definition) is 2. The van der Waals surface area contributed by atoms with E-state index < -0.39 is 0 Å². The molecule has 2 rings (SSSR count). The van der Waals surface area contributed by atoms with Gasteiger partial charge in [-0.05, 0) is 36.8 Å². The summed E-state index contributed by atoms with van der Waals surface area (Å²) in [5.41, 5.74) is 3.28. The van der Waals surface area contributed by atoms with Crippen molar-refractivity contribution >= 4 is 23.0 Å². The van der Waals surface area contributed by atoms with Crippen LogP contribution in [0.5, 0.6) is 0 Å². The van der Waals surface area contributed by atoms with Gasteiger partial charge in [-0.2, -0.15) is 0 Å². The van der Waals surface area contributed by atoms with E-state index in [1.807, 2.05) is 61.5 Å². The number of hydrazine groups is 1. The number of thiocarbonyl (C=S) groups is 1. The number of nitrogens with zero attached hydrogens (tertiary/aromatic N) is 1. The number of aryl methyl sites for hydroxylation is 1. The third-order valence-corrected chi connectivity index (χ3v) is 3.10. The average Bonchev–Trinajstić information content (AvgIpc) is 2.42. The van der Waals surface area contributed by atoms with Gasteiger partial charge in [0.15, 0.2) is 5.11 Å². The summed E-state index contributed by atoms with van der Waals surface area (Å²) in [7, 11) is 0. The molecule has 2 aromatic carbocycles. The summed E-state index contributed by atoms with van der Waals surface area (Å²) >= 11 is 5.28. The highest BCUT2D eigenvalue weighted by atomic mass is 32.1. The van der Waals surface area contributed by atoms with Gasteiger partial charge in [-0.3, -0.25) is 5.01 Å². The molecule has 3 N–H and O–H groups in total. The highest BCUT2D eigenvalue weighted by Gasteiger charge is 2.05. The summed E-state index contributed by atoms with van der Waals surface area (Å²) in [6.07, 6.45) is 0. The van der Waals surface area contributed by atoms with Crippen LogP contribution in [-0.4, -0.2) is 10.1 Å². The standard InChI is InChI=1S/C15H17N3S/c1-12-7-9-14(10-8-12)17-15(19)18(16)11-13-5-3-2-4-6-13/h2-10H,11,16H2,1H3,(H,17,19). The van der Waals surface area contributed by atoms with E-state index >= 15 is 0 Å². The van der Waals surface area contributed by atoms with Crippen LogP contribution < -0.4 is 11.2 Å². The lowest BCUT2D eigenvalue weighted by Gasteiger charge is -2.20. The molecular weight excluding hydrogens is 254 g/mol. The molecule has 3 nitrogen and oxygen atoms in total. The third-order valence-electron chi connectivity index (χ3n) is 2.76. The predicted molar refractivity (Wildman–Crippen MR) is 83.6 cm³/mol. The van der Waals surface area contributed by atoms with Gasteiger partial charge in [-0.15, -0.1) is 0 Å². The summed E-state index contributed by atoms with van der Waals surface area (Å²) in [4.78, 5) is 0. The Balaban J connectivity index is 1.94. The van der Waals surface area contributed by atoms with Crippen molar-refractivity contribution in [2.24, 2.45) is 5.84 Å². The van der Waals surface area contributed by atoms with Crippen LogP contribution in [0.3, 0.4) is 0 Å². The number of rotatable bonds is 3. The maximum atomic E-state index is 5.96. The number of hydrogen-bond donors (Lipinski definition) is 2. The van der Waals surface area contributed by atoms with Gasteiger partial charge in [0, 0.05) is 5.69 Å². The van der Waals surface area contributed by atoms with Crippen LogP contribution in [0.1, 0.15) is 11.1 Å². The number of anilines is 1.